The van der Waals surface area contributed by atoms with E-state index in [1.807, 2.05) is 36.4 Å². The molecule has 0 aliphatic carbocycles. The van der Waals surface area contributed by atoms with Gasteiger partial charge in [-0.3, -0.25) is 0 Å². The summed E-state index contributed by atoms with van der Waals surface area (Å²) in [7, 11) is 1.69. The Labute approximate surface area is 155 Å². The van der Waals surface area contributed by atoms with Crippen molar-refractivity contribution in [3.8, 4) is 5.75 Å². The molecule has 0 saturated carbocycles. The van der Waals surface area contributed by atoms with Gasteiger partial charge < -0.3 is 15.4 Å². The van der Waals surface area contributed by atoms with Crippen LogP contribution in [0.25, 0.3) is 0 Å². The van der Waals surface area contributed by atoms with Gasteiger partial charge in [0.15, 0.2) is 5.11 Å². The lowest BCUT2D eigenvalue weighted by Crippen LogP contribution is -2.29. The van der Waals surface area contributed by atoms with Gasteiger partial charge in [0, 0.05) is 16.7 Å². The number of nitrogens with one attached hydrogen (secondary N) is 2. The number of aryl methyl sites for hydroxylation is 1. The van der Waals surface area contributed by atoms with Gasteiger partial charge in [-0.2, -0.15) is 0 Å². The maximum Gasteiger partial charge on any atom is 0.170 e. The average molecular weight is 414 g/mol. The van der Waals surface area contributed by atoms with Gasteiger partial charge >= 0.3 is 0 Å². The fourth-order valence-electron chi connectivity index (χ4n) is 2.14. The van der Waals surface area contributed by atoms with Crippen LogP contribution < -0.4 is 15.4 Å². The number of hydrogen-bond donors (Lipinski definition) is 2. The Balaban J connectivity index is 1.75. The van der Waals surface area contributed by atoms with Crippen LogP contribution in [0.15, 0.2) is 46.9 Å². The zero-order valence-electron chi connectivity index (χ0n) is 12.7. The molecule has 0 amide bonds. The second kappa shape index (κ2) is 9.11. The van der Waals surface area contributed by atoms with Gasteiger partial charge in [0.2, 0.25) is 0 Å². The summed E-state index contributed by atoms with van der Waals surface area (Å²) in [4.78, 5) is 0. The van der Waals surface area contributed by atoms with E-state index >= 15 is 0 Å². The van der Waals surface area contributed by atoms with Gasteiger partial charge in [-0.05, 0) is 70.8 Å². The highest BCUT2D eigenvalue weighted by Gasteiger charge is 2.03. The molecule has 122 valence electrons. The first kappa shape index (κ1) is 18.0. The number of hydrogen-bond acceptors (Lipinski definition) is 2. The molecule has 23 heavy (non-hydrogen) atoms. The summed E-state index contributed by atoms with van der Waals surface area (Å²) < 4.78 is 6.21. The van der Waals surface area contributed by atoms with Crippen LogP contribution in [0.2, 0.25) is 5.02 Å². The predicted octanol–water partition coefficient (Wildman–Crippen LogP) is 5.03. The SMILES string of the molecule is COc1ccccc1CCCNC(=S)Nc1ccc(Br)c(Cl)c1. The van der Waals surface area contributed by atoms with Crippen LogP contribution in [0, 0.1) is 0 Å². The topological polar surface area (TPSA) is 33.3 Å². The molecule has 0 radical (unpaired) electrons. The Morgan fingerprint density at radius 3 is 2.78 bits per heavy atom. The number of thiocarbonyl (C=S) groups is 1. The lowest BCUT2D eigenvalue weighted by Gasteiger charge is -2.12. The van der Waals surface area contributed by atoms with Crippen LogP contribution in [0.3, 0.4) is 0 Å². The van der Waals surface area contributed by atoms with E-state index in [9.17, 15) is 0 Å². The molecule has 6 heteroatoms. The minimum atomic E-state index is 0.586. The van der Waals surface area contributed by atoms with Gasteiger partial charge in [-0.15, -0.1) is 0 Å². The van der Waals surface area contributed by atoms with Crippen LogP contribution in [-0.4, -0.2) is 18.8 Å². The molecule has 0 saturated heterocycles. The summed E-state index contributed by atoms with van der Waals surface area (Å²) in [6, 6.07) is 13.7. The highest BCUT2D eigenvalue weighted by atomic mass is 79.9. The van der Waals surface area contributed by atoms with E-state index in [0.717, 1.165) is 35.3 Å². The number of methoxy groups -OCH3 is 1. The van der Waals surface area contributed by atoms with E-state index in [0.29, 0.717) is 10.1 Å². The first-order chi connectivity index (χ1) is 11.1. The minimum absolute atomic E-state index is 0.586. The third-order valence-corrected chi connectivity index (χ3v) is 4.76. The Kier molecular flexibility index (Phi) is 7.15. The quantitative estimate of drug-likeness (QED) is 0.514. The van der Waals surface area contributed by atoms with Gasteiger partial charge in [-0.25, -0.2) is 0 Å². The summed E-state index contributed by atoms with van der Waals surface area (Å²) >= 11 is 14.7. The predicted molar refractivity (Wildman–Crippen MR) is 105 cm³/mol. The third-order valence-electron chi connectivity index (χ3n) is 3.28. The standard InChI is InChI=1S/C17H18BrClN2OS/c1-22-16-7-3-2-5-12(16)6-4-10-20-17(23)21-13-8-9-14(18)15(19)11-13/h2-3,5,7-9,11H,4,6,10H2,1H3,(H2,20,21,23). The van der Waals surface area contributed by atoms with Crippen LogP contribution in [0.1, 0.15) is 12.0 Å². The molecular weight excluding hydrogens is 396 g/mol. The second-order valence-corrected chi connectivity index (χ2v) is 6.59. The van der Waals surface area contributed by atoms with E-state index in [-0.39, 0.29) is 0 Å². The molecule has 0 fully saturated rings. The molecule has 0 heterocycles. The normalized spacial score (nSPS) is 10.2. The Morgan fingerprint density at radius 1 is 1.26 bits per heavy atom. The van der Waals surface area contributed by atoms with Crippen LogP contribution >= 0.6 is 39.7 Å². The number of halogens is 2. The monoisotopic (exact) mass is 412 g/mol. The van der Waals surface area contributed by atoms with E-state index in [4.69, 9.17) is 28.6 Å². The minimum Gasteiger partial charge on any atom is -0.496 e. The van der Waals surface area contributed by atoms with E-state index in [1.165, 1.54) is 5.56 Å². The van der Waals surface area contributed by atoms with Gasteiger partial charge in [0.25, 0.3) is 0 Å². The Bertz CT molecular complexity index is 681. The van der Waals surface area contributed by atoms with Crippen molar-refractivity contribution in [2.45, 2.75) is 12.8 Å². The molecule has 0 spiro atoms. The summed E-state index contributed by atoms with van der Waals surface area (Å²) in [5.74, 6) is 0.928. The molecule has 0 unspecified atom stereocenters. The Hall–Kier alpha value is -1.30. The zero-order valence-corrected chi connectivity index (χ0v) is 15.9. The molecule has 2 aromatic rings. The molecule has 2 N–H and O–H groups in total. The van der Waals surface area contributed by atoms with Crippen molar-refractivity contribution in [2.24, 2.45) is 0 Å². The fraction of sp³-hybridized carbons (Fsp3) is 0.235. The largest absolute Gasteiger partial charge is 0.496 e. The first-order valence-electron chi connectivity index (χ1n) is 7.22. The number of rotatable bonds is 6. The molecule has 0 aliphatic rings. The van der Waals surface area contributed by atoms with Crippen molar-refractivity contribution in [3.63, 3.8) is 0 Å². The molecule has 2 aromatic carbocycles. The van der Waals surface area contributed by atoms with Crippen LogP contribution in [-0.2, 0) is 6.42 Å². The molecular formula is C17H18BrClN2OS. The number of benzene rings is 2. The molecule has 0 aliphatic heterocycles. The van der Waals surface area contributed by atoms with Crippen molar-refractivity contribution in [1.82, 2.24) is 5.32 Å². The number of ether oxygens (including phenoxy) is 1. The third kappa shape index (κ3) is 5.68. The molecule has 0 atom stereocenters. The lowest BCUT2D eigenvalue weighted by molar-refractivity contribution is 0.409. The maximum atomic E-state index is 6.06. The molecule has 0 aromatic heterocycles. The van der Waals surface area contributed by atoms with Crippen molar-refractivity contribution in [2.75, 3.05) is 19.0 Å². The molecule has 0 bridgehead atoms. The zero-order chi connectivity index (χ0) is 16.7. The summed E-state index contributed by atoms with van der Waals surface area (Å²) in [5, 5.41) is 7.55. The second-order valence-electron chi connectivity index (χ2n) is 4.93. The van der Waals surface area contributed by atoms with E-state index in [1.54, 1.807) is 7.11 Å². The maximum absolute atomic E-state index is 6.06. The van der Waals surface area contributed by atoms with Crippen molar-refractivity contribution >= 4 is 50.5 Å². The summed E-state index contributed by atoms with van der Waals surface area (Å²) in [6.45, 7) is 0.786. The number of para-hydroxylation sites is 1. The van der Waals surface area contributed by atoms with E-state index in [2.05, 4.69) is 32.6 Å². The van der Waals surface area contributed by atoms with Gasteiger partial charge in [-0.1, -0.05) is 29.8 Å². The highest BCUT2D eigenvalue weighted by molar-refractivity contribution is 9.10. The van der Waals surface area contributed by atoms with Crippen molar-refractivity contribution in [1.29, 1.82) is 0 Å². The van der Waals surface area contributed by atoms with Gasteiger partial charge in [0.1, 0.15) is 5.75 Å². The fourth-order valence-corrected chi connectivity index (χ4v) is 2.79. The smallest absolute Gasteiger partial charge is 0.170 e. The van der Waals surface area contributed by atoms with Crippen LogP contribution in [0.5, 0.6) is 5.75 Å². The first-order valence-corrected chi connectivity index (χ1v) is 8.80. The average Bonchev–Trinajstić information content (AvgIpc) is 2.55. The highest BCUT2D eigenvalue weighted by Crippen LogP contribution is 2.25. The van der Waals surface area contributed by atoms with Crippen molar-refractivity contribution < 1.29 is 4.74 Å². The summed E-state index contributed by atoms with van der Waals surface area (Å²) in [5.41, 5.74) is 2.07. The van der Waals surface area contributed by atoms with Crippen molar-refractivity contribution in [3.05, 3.63) is 57.5 Å². The van der Waals surface area contributed by atoms with E-state index < -0.39 is 0 Å². The Morgan fingerprint density at radius 2 is 2.04 bits per heavy atom. The number of anilines is 1. The van der Waals surface area contributed by atoms with Crippen LogP contribution in [0.4, 0.5) is 5.69 Å². The molecule has 3 nitrogen and oxygen atoms in total. The molecule has 2 rings (SSSR count). The summed E-state index contributed by atoms with van der Waals surface area (Å²) in [6.07, 6.45) is 1.90. The lowest BCUT2D eigenvalue weighted by atomic mass is 10.1. The van der Waals surface area contributed by atoms with Gasteiger partial charge in [0.05, 0.1) is 12.1 Å².